The van der Waals surface area contributed by atoms with Gasteiger partial charge in [-0.25, -0.2) is 0 Å². The Kier molecular flexibility index (Phi) is 5.63. The lowest BCUT2D eigenvalue weighted by molar-refractivity contribution is -0.138. The molecule has 3 rings (SSSR count). The minimum atomic E-state index is -4.44. The van der Waals surface area contributed by atoms with Gasteiger partial charge >= 0.3 is 6.18 Å². The summed E-state index contributed by atoms with van der Waals surface area (Å²) in [6.07, 6.45) is -4.05. The summed E-state index contributed by atoms with van der Waals surface area (Å²) in [5.41, 5.74) is -0.899. The Morgan fingerprint density at radius 2 is 1.76 bits per heavy atom. The fourth-order valence-corrected chi connectivity index (χ4v) is 3.29. The van der Waals surface area contributed by atoms with Gasteiger partial charge < -0.3 is 15.0 Å². The number of amides is 1. The SMILES string of the molecule is Cn1c(=O)c(O)c(C(=O)NCCCc2ccccc2C(F)(F)F)c2ccccc21. The zero-order valence-corrected chi connectivity index (χ0v) is 15.6. The molecule has 152 valence electrons. The van der Waals surface area contributed by atoms with Crippen molar-refractivity contribution in [2.24, 2.45) is 7.05 Å². The Morgan fingerprint density at radius 3 is 2.48 bits per heavy atom. The molecule has 2 aromatic carbocycles. The smallest absolute Gasteiger partial charge is 0.416 e. The molecule has 0 unspecified atom stereocenters. The highest BCUT2D eigenvalue weighted by molar-refractivity contribution is 6.08. The van der Waals surface area contributed by atoms with Gasteiger partial charge in [-0.2, -0.15) is 13.2 Å². The van der Waals surface area contributed by atoms with E-state index in [0.29, 0.717) is 10.9 Å². The van der Waals surface area contributed by atoms with Crippen molar-refractivity contribution in [3.05, 3.63) is 75.6 Å². The van der Waals surface area contributed by atoms with Gasteiger partial charge in [-0.05, 0) is 30.5 Å². The number of aromatic nitrogens is 1. The first-order valence-electron chi connectivity index (χ1n) is 8.96. The molecule has 0 aliphatic heterocycles. The van der Waals surface area contributed by atoms with E-state index in [4.69, 9.17) is 0 Å². The number of nitrogens with zero attached hydrogens (tertiary/aromatic N) is 1. The average molecular weight is 404 g/mol. The number of rotatable bonds is 5. The van der Waals surface area contributed by atoms with E-state index in [1.54, 1.807) is 24.3 Å². The summed E-state index contributed by atoms with van der Waals surface area (Å²) in [7, 11) is 1.49. The van der Waals surface area contributed by atoms with Crippen LogP contribution in [0.2, 0.25) is 0 Å². The van der Waals surface area contributed by atoms with E-state index in [0.717, 1.165) is 6.07 Å². The minimum absolute atomic E-state index is 0.0913. The molecule has 3 aromatic rings. The third-order valence-corrected chi connectivity index (χ3v) is 4.74. The molecule has 1 aromatic heterocycles. The zero-order chi connectivity index (χ0) is 21.2. The van der Waals surface area contributed by atoms with Gasteiger partial charge in [0, 0.05) is 19.0 Å². The fourth-order valence-electron chi connectivity index (χ4n) is 3.29. The predicted octanol–water partition coefficient (Wildman–Crippen LogP) is 3.63. The molecule has 0 saturated heterocycles. The fraction of sp³-hybridized carbons (Fsp3) is 0.238. The molecule has 29 heavy (non-hydrogen) atoms. The van der Waals surface area contributed by atoms with Crippen LogP contribution in [0.15, 0.2) is 53.3 Å². The van der Waals surface area contributed by atoms with E-state index in [2.05, 4.69) is 5.32 Å². The van der Waals surface area contributed by atoms with E-state index in [1.807, 2.05) is 0 Å². The maximum absolute atomic E-state index is 13.0. The maximum Gasteiger partial charge on any atom is 0.416 e. The number of carbonyl (C=O) groups excluding carboxylic acids is 1. The van der Waals surface area contributed by atoms with Crippen molar-refractivity contribution in [1.82, 2.24) is 9.88 Å². The van der Waals surface area contributed by atoms with Crippen molar-refractivity contribution < 1.29 is 23.1 Å². The molecule has 0 spiro atoms. The Hall–Kier alpha value is -3.29. The number of benzene rings is 2. The van der Waals surface area contributed by atoms with Crippen LogP contribution in [0.4, 0.5) is 13.2 Å². The molecule has 2 N–H and O–H groups in total. The number of halogens is 3. The Balaban J connectivity index is 1.74. The second-order valence-corrected chi connectivity index (χ2v) is 6.62. The van der Waals surface area contributed by atoms with Crippen molar-refractivity contribution in [1.29, 1.82) is 0 Å². The average Bonchev–Trinajstić information content (AvgIpc) is 2.69. The third kappa shape index (κ3) is 4.11. The number of aryl methyl sites for hydroxylation is 2. The molecule has 0 radical (unpaired) electrons. The number of alkyl halides is 3. The molecular weight excluding hydrogens is 385 g/mol. The van der Waals surface area contributed by atoms with E-state index in [1.165, 1.54) is 29.8 Å². The third-order valence-electron chi connectivity index (χ3n) is 4.74. The number of fused-ring (bicyclic) bond motifs is 1. The molecule has 1 amide bonds. The summed E-state index contributed by atoms with van der Waals surface area (Å²) >= 11 is 0. The van der Waals surface area contributed by atoms with Crippen LogP contribution in [-0.4, -0.2) is 22.1 Å². The predicted molar refractivity (Wildman–Crippen MR) is 103 cm³/mol. The van der Waals surface area contributed by atoms with Crippen molar-refractivity contribution in [2.75, 3.05) is 6.54 Å². The largest absolute Gasteiger partial charge is 0.502 e. The minimum Gasteiger partial charge on any atom is -0.502 e. The molecule has 0 bridgehead atoms. The Labute approximate surface area is 164 Å². The lowest BCUT2D eigenvalue weighted by atomic mass is 10.0. The van der Waals surface area contributed by atoms with E-state index >= 15 is 0 Å². The highest BCUT2D eigenvalue weighted by Crippen LogP contribution is 2.32. The van der Waals surface area contributed by atoms with Crippen molar-refractivity contribution in [2.45, 2.75) is 19.0 Å². The summed E-state index contributed by atoms with van der Waals surface area (Å²) in [5.74, 6) is -1.31. The van der Waals surface area contributed by atoms with Crippen molar-refractivity contribution in [3.8, 4) is 5.75 Å². The van der Waals surface area contributed by atoms with Gasteiger partial charge in [-0.15, -0.1) is 0 Å². The molecular formula is C21H19F3N2O3. The summed E-state index contributed by atoms with van der Waals surface area (Å²) < 4.78 is 40.4. The van der Waals surface area contributed by atoms with Gasteiger partial charge in [0.1, 0.15) is 0 Å². The van der Waals surface area contributed by atoms with Gasteiger partial charge in [0.25, 0.3) is 11.5 Å². The summed E-state index contributed by atoms with van der Waals surface area (Å²) in [5, 5.41) is 13.2. The summed E-state index contributed by atoms with van der Waals surface area (Å²) in [6.45, 7) is 0.0913. The number of carbonyl (C=O) groups is 1. The van der Waals surface area contributed by atoms with Crippen LogP contribution < -0.4 is 10.9 Å². The van der Waals surface area contributed by atoms with E-state index < -0.39 is 29.0 Å². The second-order valence-electron chi connectivity index (χ2n) is 6.62. The van der Waals surface area contributed by atoms with Crippen LogP contribution in [0.3, 0.4) is 0 Å². The van der Waals surface area contributed by atoms with Gasteiger partial charge in [0.2, 0.25) is 0 Å². The lowest BCUT2D eigenvalue weighted by Gasteiger charge is -2.14. The monoisotopic (exact) mass is 404 g/mol. The maximum atomic E-state index is 13.0. The van der Waals surface area contributed by atoms with Crippen molar-refractivity contribution in [3.63, 3.8) is 0 Å². The van der Waals surface area contributed by atoms with Gasteiger partial charge in [-0.1, -0.05) is 36.4 Å². The highest BCUT2D eigenvalue weighted by atomic mass is 19.4. The topological polar surface area (TPSA) is 71.3 Å². The lowest BCUT2D eigenvalue weighted by Crippen LogP contribution is -2.28. The van der Waals surface area contributed by atoms with Crippen LogP contribution in [0, 0.1) is 0 Å². The van der Waals surface area contributed by atoms with Crippen LogP contribution in [0.25, 0.3) is 10.9 Å². The molecule has 0 aliphatic carbocycles. The quantitative estimate of drug-likeness (QED) is 0.638. The van der Waals surface area contributed by atoms with Crippen LogP contribution >= 0.6 is 0 Å². The number of hydrogen-bond donors (Lipinski definition) is 2. The van der Waals surface area contributed by atoms with Gasteiger partial charge in [0.05, 0.1) is 16.6 Å². The molecule has 8 heteroatoms. The highest BCUT2D eigenvalue weighted by Gasteiger charge is 2.32. The number of hydrogen-bond acceptors (Lipinski definition) is 3. The molecule has 0 saturated carbocycles. The molecule has 0 aliphatic rings. The van der Waals surface area contributed by atoms with Crippen LogP contribution in [0.1, 0.15) is 27.9 Å². The number of para-hydroxylation sites is 1. The molecule has 1 heterocycles. The molecule has 0 fully saturated rings. The zero-order valence-electron chi connectivity index (χ0n) is 15.6. The van der Waals surface area contributed by atoms with Gasteiger partial charge in [-0.3, -0.25) is 9.59 Å². The molecule has 5 nitrogen and oxygen atoms in total. The second kappa shape index (κ2) is 7.98. The number of aromatic hydroxyl groups is 1. The van der Waals surface area contributed by atoms with Gasteiger partial charge in [0.15, 0.2) is 5.75 Å². The Bertz CT molecular complexity index is 1120. The normalized spacial score (nSPS) is 11.6. The summed E-state index contributed by atoms with van der Waals surface area (Å²) in [4.78, 5) is 24.8. The standard InChI is InChI=1S/C21H19F3N2O3/c1-26-16-11-5-3-9-14(16)17(18(27)20(26)29)19(28)25-12-6-8-13-7-2-4-10-15(13)21(22,23)24/h2-5,7,9-11,27H,6,8,12H2,1H3,(H,25,28). The first-order valence-corrected chi connectivity index (χ1v) is 8.96. The Morgan fingerprint density at radius 1 is 1.10 bits per heavy atom. The van der Waals surface area contributed by atoms with E-state index in [-0.39, 0.29) is 30.5 Å². The number of nitrogens with one attached hydrogen (secondary N) is 1. The first-order chi connectivity index (χ1) is 13.7. The molecule has 0 atom stereocenters. The number of pyridine rings is 1. The first kappa shape index (κ1) is 20.4. The van der Waals surface area contributed by atoms with Crippen LogP contribution in [-0.2, 0) is 19.6 Å². The van der Waals surface area contributed by atoms with E-state index in [9.17, 15) is 27.9 Å². The van der Waals surface area contributed by atoms with Crippen LogP contribution in [0.5, 0.6) is 5.75 Å². The van der Waals surface area contributed by atoms with Crippen molar-refractivity contribution >= 4 is 16.8 Å². The summed E-state index contributed by atoms with van der Waals surface area (Å²) in [6, 6.07) is 12.0.